The molecule has 1 aromatic heterocycles. The number of hydrogen-bond donors (Lipinski definition) is 0. The van der Waals surface area contributed by atoms with E-state index in [9.17, 15) is 13.2 Å². The highest BCUT2D eigenvalue weighted by Crippen LogP contribution is 2.37. The zero-order chi connectivity index (χ0) is 19.4. The van der Waals surface area contributed by atoms with Crippen molar-refractivity contribution in [3.05, 3.63) is 71.9 Å². The Morgan fingerprint density at radius 3 is 2.26 bits per heavy atom. The highest BCUT2D eigenvalue weighted by atomic mass is 19.4. The minimum atomic E-state index is -4.62. The molecule has 0 aliphatic heterocycles. The maximum Gasteiger partial charge on any atom is 0.423 e. The summed E-state index contributed by atoms with van der Waals surface area (Å²) in [7, 11) is 1.69. The average Bonchev–Trinajstić information content (AvgIpc) is 2.67. The van der Waals surface area contributed by atoms with E-state index in [0.717, 1.165) is 23.9 Å². The molecule has 4 nitrogen and oxygen atoms in total. The molecule has 0 fully saturated rings. The van der Waals surface area contributed by atoms with E-state index in [1.807, 2.05) is 31.2 Å². The molecular formula is C20H18F3N3O. The fourth-order valence-corrected chi connectivity index (χ4v) is 2.46. The monoisotopic (exact) mass is 373 g/mol. The van der Waals surface area contributed by atoms with Crippen LogP contribution in [0.2, 0.25) is 0 Å². The molecule has 0 saturated carbocycles. The minimum absolute atomic E-state index is 0.109. The van der Waals surface area contributed by atoms with Crippen molar-refractivity contribution in [3.63, 3.8) is 0 Å². The Kier molecular flexibility index (Phi) is 5.30. The number of hydrogen-bond acceptors (Lipinski definition) is 4. The van der Waals surface area contributed by atoms with Crippen LogP contribution in [0.5, 0.6) is 11.6 Å². The SMILES string of the molecule is CCc1ccc(N(C)c2ncc(C(F)(F)F)c(Oc3ccccc3)n2)cc1. The molecule has 0 N–H and O–H groups in total. The molecule has 0 aliphatic carbocycles. The van der Waals surface area contributed by atoms with E-state index in [0.29, 0.717) is 0 Å². The Morgan fingerprint density at radius 1 is 1.00 bits per heavy atom. The molecule has 27 heavy (non-hydrogen) atoms. The summed E-state index contributed by atoms with van der Waals surface area (Å²) in [6, 6.07) is 15.9. The largest absolute Gasteiger partial charge is 0.438 e. The zero-order valence-corrected chi connectivity index (χ0v) is 14.9. The van der Waals surface area contributed by atoms with Gasteiger partial charge in [0.1, 0.15) is 11.3 Å². The number of para-hydroxylation sites is 1. The fraction of sp³-hybridized carbons (Fsp3) is 0.200. The molecule has 1 heterocycles. The van der Waals surface area contributed by atoms with Gasteiger partial charge in [-0.1, -0.05) is 37.3 Å². The number of halogens is 3. The average molecular weight is 373 g/mol. The van der Waals surface area contributed by atoms with Crippen LogP contribution in [-0.2, 0) is 12.6 Å². The predicted molar refractivity (Wildman–Crippen MR) is 97.4 cm³/mol. The van der Waals surface area contributed by atoms with Crippen LogP contribution in [0, 0.1) is 0 Å². The lowest BCUT2D eigenvalue weighted by Crippen LogP contribution is -2.16. The molecule has 0 radical (unpaired) electrons. The summed E-state index contributed by atoms with van der Waals surface area (Å²) in [5.74, 6) is -0.156. The zero-order valence-electron chi connectivity index (χ0n) is 14.9. The molecule has 0 atom stereocenters. The molecule has 2 aromatic carbocycles. The number of aryl methyl sites for hydroxylation is 1. The van der Waals surface area contributed by atoms with Gasteiger partial charge in [-0.3, -0.25) is 0 Å². The van der Waals surface area contributed by atoms with Crippen LogP contribution in [0.1, 0.15) is 18.1 Å². The summed E-state index contributed by atoms with van der Waals surface area (Å²) in [4.78, 5) is 9.52. The van der Waals surface area contributed by atoms with E-state index in [4.69, 9.17) is 4.74 Å². The second-order valence-corrected chi connectivity index (χ2v) is 5.88. The fourth-order valence-electron chi connectivity index (χ4n) is 2.46. The predicted octanol–water partition coefficient (Wildman–Crippen LogP) is 5.62. The summed E-state index contributed by atoms with van der Waals surface area (Å²) >= 11 is 0. The lowest BCUT2D eigenvalue weighted by Gasteiger charge is -2.20. The Morgan fingerprint density at radius 2 is 1.67 bits per heavy atom. The van der Waals surface area contributed by atoms with Gasteiger partial charge in [-0.05, 0) is 36.2 Å². The standard InChI is InChI=1S/C20H18F3N3O/c1-3-14-9-11-15(12-10-14)26(2)19-24-13-17(20(21,22)23)18(25-19)27-16-7-5-4-6-8-16/h4-13H,3H2,1-2H3. The molecule has 0 aliphatic rings. The number of alkyl halides is 3. The van der Waals surface area contributed by atoms with Gasteiger partial charge in [0, 0.05) is 18.9 Å². The van der Waals surface area contributed by atoms with Gasteiger partial charge in [0.25, 0.3) is 0 Å². The molecule has 3 aromatic rings. The van der Waals surface area contributed by atoms with Crippen molar-refractivity contribution < 1.29 is 17.9 Å². The molecule has 0 unspecified atom stereocenters. The molecule has 7 heteroatoms. The van der Waals surface area contributed by atoms with Gasteiger partial charge in [-0.2, -0.15) is 18.2 Å². The lowest BCUT2D eigenvalue weighted by atomic mass is 10.1. The smallest absolute Gasteiger partial charge is 0.423 e. The Labute approximate surface area is 155 Å². The highest BCUT2D eigenvalue weighted by Gasteiger charge is 2.36. The van der Waals surface area contributed by atoms with Gasteiger partial charge in [0.2, 0.25) is 11.8 Å². The third-order valence-electron chi connectivity index (χ3n) is 4.04. The van der Waals surface area contributed by atoms with Gasteiger partial charge < -0.3 is 9.64 Å². The molecule has 3 rings (SSSR count). The Hall–Kier alpha value is -3.09. The normalized spacial score (nSPS) is 11.3. The summed E-state index contributed by atoms with van der Waals surface area (Å²) in [5, 5.41) is 0. The van der Waals surface area contributed by atoms with Crippen LogP contribution in [-0.4, -0.2) is 17.0 Å². The number of rotatable bonds is 5. The second-order valence-electron chi connectivity index (χ2n) is 5.88. The molecule has 0 spiro atoms. The third-order valence-corrected chi connectivity index (χ3v) is 4.04. The van der Waals surface area contributed by atoms with Crippen molar-refractivity contribution in [2.24, 2.45) is 0 Å². The number of nitrogens with zero attached hydrogens (tertiary/aromatic N) is 3. The minimum Gasteiger partial charge on any atom is -0.438 e. The highest BCUT2D eigenvalue weighted by molar-refractivity contribution is 5.57. The van der Waals surface area contributed by atoms with E-state index in [2.05, 4.69) is 9.97 Å². The summed E-state index contributed by atoms with van der Waals surface area (Å²) in [5.41, 5.74) is 0.899. The van der Waals surface area contributed by atoms with Gasteiger partial charge in [0.05, 0.1) is 0 Å². The molecule has 0 bridgehead atoms. The first-order chi connectivity index (χ1) is 12.9. The Balaban J connectivity index is 1.97. The maximum atomic E-state index is 13.3. The second kappa shape index (κ2) is 7.65. The van der Waals surface area contributed by atoms with Gasteiger partial charge in [-0.15, -0.1) is 0 Å². The van der Waals surface area contributed by atoms with E-state index < -0.39 is 17.6 Å². The molecular weight excluding hydrogens is 355 g/mol. The van der Waals surface area contributed by atoms with Gasteiger partial charge in [0.15, 0.2) is 0 Å². The van der Waals surface area contributed by atoms with Gasteiger partial charge in [-0.25, -0.2) is 4.98 Å². The van der Waals surface area contributed by atoms with Crippen LogP contribution < -0.4 is 9.64 Å². The number of anilines is 2. The lowest BCUT2D eigenvalue weighted by molar-refractivity contribution is -0.139. The number of benzene rings is 2. The van der Waals surface area contributed by atoms with Crippen LogP contribution in [0.3, 0.4) is 0 Å². The summed E-state index contributed by atoms with van der Waals surface area (Å²) < 4.78 is 45.4. The van der Waals surface area contributed by atoms with Crippen molar-refractivity contribution in [2.45, 2.75) is 19.5 Å². The van der Waals surface area contributed by atoms with Crippen molar-refractivity contribution in [1.82, 2.24) is 9.97 Å². The van der Waals surface area contributed by atoms with Crippen molar-refractivity contribution in [2.75, 3.05) is 11.9 Å². The summed E-state index contributed by atoms with van der Waals surface area (Å²) in [6.07, 6.45) is -2.97. The van der Waals surface area contributed by atoms with Gasteiger partial charge >= 0.3 is 6.18 Å². The first kappa shape index (κ1) is 18.7. The van der Waals surface area contributed by atoms with Crippen LogP contribution in [0.25, 0.3) is 0 Å². The van der Waals surface area contributed by atoms with Crippen molar-refractivity contribution >= 4 is 11.6 Å². The van der Waals surface area contributed by atoms with E-state index in [-0.39, 0.29) is 11.7 Å². The Bertz CT molecular complexity index is 897. The number of ether oxygens (including phenoxy) is 1. The quantitative estimate of drug-likeness (QED) is 0.582. The van der Waals surface area contributed by atoms with Crippen LogP contribution in [0.4, 0.5) is 24.8 Å². The maximum absolute atomic E-state index is 13.3. The van der Waals surface area contributed by atoms with E-state index in [1.165, 1.54) is 0 Å². The van der Waals surface area contributed by atoms with Crippen LogP contribution >= 0.6 is 0 Å². The van der Waals surface area contributed by atoms with Crippen LogP contribution in [0.15, 0.2) is 60.8 Å². The summed E-state index contributed by atoms with van der Waals surface area (Å²) in [6.45, 7) is 2.05. The third kappa shape index (κ3) is 4.36. The topological polar surface area (TPSA) is 38.2 Å². The van der Waals surface area contributed by atoms with E-state index >= 15 is 0 Å². The molecule has 140 valence electrons. The molecule has 0 saturated heterocycles. The van der Waals surface area contributed by atoms with E-state index in [1.54, 1.807) is 42.3 Å². The van der Waals surface area contributed by atoms with Crippen molar-refractivity contribution in [3.8, 4) is 11.6 Å². The molecule has 0 amide bonds. The van der Waals surface area contributed by atoms with Crippen molar-refractivity contribution in [1.29, 1.82) is 0 Å². The first-order valence-electron chi connectivity index (χ1n) is 8.38. The number of aromatic nitrogens is 2. The first-order valence-corrected chi connectivity index (χ1v) is 8.38.